The van der Waals surface area contributed by atoms with Gasteiger partial charge in [0.15, 0.2) is 11.5 Å². The van der Waals surface area contributed by atoms with Gasteiger partial charge in [-0.3, -0.25) is 0 Å². The number of benzene rings is 1. The van der Waals surface area contributed by atoms with Gasteiger partial charge in [0.05, 0.1) is 12.6 Å². The minimum absolute atomic E-state index is 0.00194. The lowest BCUT2D eigenvalue weighted by Crippen LogP contribution is -2.64. The maximum absolute atomic E-state index is 9.46. The molecule has 2 unspecified atom stereocenters. The zero-order valence-electron chi connectivity index (χ0n) is 18.5. The molecular formula is C18H21NO3. The molecule has 0 saturated carbocycles. The smallest absolute Gasteiger partial charge is 0.211 e. The summed E-state index contributed by atoms with van der Waals surface area (Å²) in [7, 11) is 3.28. The van der Waals surface area contributed by atoms with Crippen LogP contribution in [0, 0.1) is 5.89 Å². The minimum Gasteiger partial charge on any atom is -0.493 e. The van der Waals surface area contributed by atoms with E-state index in [0.29, 0.717) is 30.5 Å². The number of hydrogen-bond donors (Lipinski definition) is 1. The second kappa shape index (κ2) is 4.06. The normalized spacial score (nSPS) is 54.9. The molecule has 1 aromatic rings. The number of hydrogen-bond acceptors (Lipinski definition) is 4. The summed E-state index contributed by atoms with van der Waals surface area (Å²) >= 11 is 0. The monoisotopic (exact) mass is 305 g/mol. The Hall–Kier alpha value is -1.52. The van der Waals surface area contributed by atoms with Gasteiger partial charge in [-0.15, -0.1) is 0 Å². The van der Waals surface area contributed by atoms with Crippen molar-refractivity contribution < 1.29 is 21.4 Å². The number of piperidine rings is 1. The van der Waals surface area contributed by atoms with Gasteiger partial charge in [0.1, 0.15) is 12.2 Å². The van der Waals surface area contributed by atoms with Crippen molar-refractivity contribution in [3.63, 3.8) is 0 Å². The van der Waals surface area contributed by atoms with E-state index in [1.165, 1.54) is 13.2 Å². The summed E-state index contributed by atoms with van der Waals surface area (Å²) in [6.45, 7) is 0.578. The largest absolute Gasteiger partial charge is 0.493 e. The number of rotatable bonds is 2. The fraction of sp³-hybridized carbons (Fsp3) is 0.556. The van der Waals surface area contributed by atoms with Crippen LogP contribution in [0.2, 0.25) is 0 Å². The van der Waals surface area contributed by atoms with Crippen LogP contribution in [0.1, 0.15) is 24.4 Å². The Morgan fingerprint density at radius 1 is 1.55 bits per heavy atom. The summed E-state index contributed by atoms with van der Waals surface area (Å²) in [5.74, 6) is -1.12. The third-order valence-corrected chi connectivity index (χ3v) is 5.54. The Kier molecular flexibility index (Phi) is 1.54. The van der Waals surface area contributed by atoms with Gasteiger partial charge in [-0.1, -0.05) is 18.2 Å². The fourth-order valence-corrected chi connectivity index (χ4v) is 4.54. The van der Waals surface area contributed by atoms with E-state index in [0.717, 1.165) is 0 Å². The van der Waals surface area contributed by atoms with Gasteiger partial charge >= 0.3 is 0 Å². The van der Waals surface area contributed by atoms with Crippen LogP contribution in [0.3, 0.4) is 0 Å². The Morgan fingerprint density at radius 3 is 3.27 bits per heavy atom. The van der Waals surface area contributed by atoms with Crippen molar-refractivity contribution in [3.05, 3.63) is 35.4 Å². The Bertz CT molecular complexity index is 943. The molecule has 2 heterocycles. The minimum atomic E-state index is -2.17. The first-order valence-electron chi connectivity index (χ1n) is 10.5. The van der Waals surface area contributed by atoms with Crippen LogP contribution in [0.5, 0.6) is 11.5 Å². The first-order valence-corrected chi connectivity index (χ1v) is 7.56. The second-order valence-electron chi connectivity index (χ2n) is 6.41. The highest BCUT2D eigenvalue weighted by molar-refractivity contribution is 5.62. The molecule has 0 radical (unpaired) electrons. The van der Waals surface area contributed by atoms with Gasteiger partial charge in [0.25, 0.3) is 0 Å². The number of nitrogens with zero attached hydrogens (tertiary/aromatic N) is 1. The van der Waals surface area contributed by atoms with Crippen molar-refractivity contribution in [1.29, 1.82) is 1.43 Å². The van der Waals surface area contributed by atoms with Crippen molar-refractivity contribution in [2.45, 2.75) is 36.5 Å². The molecule has 2 aliphatic carbocycles. The maximum Gasteiger partial charge on any atom is 0.211 e. The molecule has 4 nitrogen and oxygen atoms in total. The van der Waals surface area contributed by atoms with Crippen molar-refractivity contribution in [2.75, 3.05) is 20.7 Å². The number of ether oxygens (including phenoxy) is 2. The number of aliphatic hydroxyl groups is 1. The molecule has 1 spiro atoms. The Balaban J connectivity index is 1.97. The second-order valence-corrected chi connectivity index (χ2v) is 6.41. The lowest BCUT2D eigenvalue weighted by atomic mass is 9.53. The average molecular weight is 305 g/mol. The predicted molar refractivity (Wildman–Crippen MR) is 82.5 cm³/mol. The van der Waals surface area contributed by atoms with E-state index in [9.17, 15) is 2.74 Å². The molecule has 4 aliphatic rings. The zero-order valence-corrected chi connectivity index (χ0v) is 12.5. The van der Waals surface area contributed by atoms with Crippen LogP contribution >= 0.6 is 0 Å². The molecule has 1 aromatic carbocycles. The van der Waals surface area contributed by atoms with Crippen molar-refractivity contribution >= 4 is 0 Å². The molecule has 2 bridgehead atoms. The van der Waals surface area contributed by atoms with Crippen LogP contribution in [-0.2, 0) is 11.8 Å². The van der Waals surface area contributed by atoms with Gasteiger partial charge in [0, 0.05) is 24.3 Å². The van der Waals surface area contributed by atoms with Crippen molar-refractivity contribution in [1.82, 2.24) is 4.90 Å². The molecule has 4 heteroatoms. The van der Waals surface area contributed by atoms with Crippen molar-refractivity contribution in [3.8, 4) is 11.5 Å². The number of likely N-dealkylation sites (N-methyl/N-ethyl adjacent to an activating group) is 1. The molecule has 0 aromatic heterocycles. The fourth-order valence-electron chi connectivity index (χ4n) is 4.54. The number of methoxy groups -OCH3 is 1. The van der Waals surface area contributed by atoms with E-state index in [1.54, 1.807) is 6.08 Å². The third kappa shape index (κ3) is 1.28. The maximum atomic E-state index is 9.46. The molecule has 1 saturated heterocycles. The van der Waals surface area contributed by atoms with E-state index >= 15 is 0 Å². The third-order valence-electron chi connectivity index (χ3n) is 5.54. The van der Waals surface area contributed by atoms with Gasteiger partial charge in [-0.2, -0.15) is 0 Å². The van der Waals surface area contributed by atoms with Gasteiger partial charge < -0.3 is 19.5 Å². The van der Waals surface area contributed by atoms with Crippen LogP contribution in [-0.4, -0.2) is 50.3 Å². The summed E-state index contributed by atoms with van der Waals surface area (Å²) < 4.78 is 63.3. The molecule has 2 aliphatic heterocycles. The van der Waals surface area contributed by atoms with Gasteiger partial charge in [0.2, 0.25) is 1.43 Å². The average Bonchev–Trinajstić information content (AvgIpc) is 2.93. The quantitative estimate of drug-likeness (QED) is 0.841. The highest BCUT2D eigenvalue weighted by atomic mass is 16.5. The van der Waals surface area contributed by atoms with Gasteiger partial charge in [-0.25, -0.2) is 0 Å². The molecule has 5 rings (SSSR count). The van der Waals surface area contributed by atoms with E-state index in [4.69, 9.17) is 20.1 Å². The molecule has 1 fully saturated rings. The Morgan fingerprint density at radius 2 is 2.45 bits per heavy atom. The lowest BCUT2D eigenvalue weighted by Gasteiger charge is -2.56. The topological polar surface area (TPSA) is 41.9 Å². The van der Waals surface area contributed by atoms with Crippen LogP contribution in [0.25, 0.3) is 0 Å². The van der Waals surface area contributed by atoms with Crippen molar-refractivity contribution in [2.24, 2.45) is 5.89 Å². The summed E-state index contributed by atoms with van der Waals surface area (Å²) in [4.78, 5) is 2.04. The SMILES string of the molecule is [2H]OC1([2H])C=C[C@@]2([2H])[C@H]3Cc4c([2H])c([2H])c(OC)c5c4[C@@]2(CCN3C)C1([2H])O5. The van der Waals surface area contributed by atoms with Crippen LogP contribution in [0.15, 0.2) is 24.2 Å². The first kappa shape index (κ1) is 8.37. The van der Waals surface area contributed by atoms with E-state index in [-0.39, 0.29) is 29.6 Å². The summed E-state index contributed by atoms with van der Waals surface area (Å²) in [5, 5.41) is 4.72. The van der Waals surface area contributed by atoms with Gasteiger partial charge in [-0.05, 0) is 38.0 Å². The zero-order chi connectivity index (χ0) is 20.3. The standard InChI is InChI=1S/C18H21NO3/c1-19-8-7-18-11-4-5-13(20)17(18)22-16-14(21-2)6-3-10(15(16)18)9-12(11)19/h3-6,11-13,17,20H,7-9H2,1-2H3/t11-,12+,13?,17?,18-/m0/s1/i3D,6D,11D,13D,17D,20D. The number of likely N-dealkylation sites (tertiary alicyclic amines) is 1. The highest BCUT2D eigenvalue weighted by Gasteiger charge is 2.64. The molecule has 116 valence electrons. The van der Waals surface area contributed by atoms with Crippen LogP contribution < -0.4 is 9.47 Å². The summed E-state index contributed by atoms with van der Waals surface area (Å²) in [5.41, 5.74) is -0.233. The molecular weight excluding hydrogens is 278 g/mol. The predicted octanol–water partition coefficient (Wildman–Crippen LogP) is 1.50. The van der Waals surface area contributed by atoms with Crippen LogP contribution in [0.4, 0.5) is 0 Å². The van der Waals surface area contributed by atoms with E-state index < -0.39 is 23.5 Å². The van der Waals surface area contributed by atoms with E-state index in [2.05, 4.69) is 0 Å². The molecule has 22 heavy (non-hydrogen) atoms. The molecule has 0 amide bonds. The highest BCUT2D eigenvalue weighted by Crippen LogP contribution is 2.62. The lowest BCUT2D eigenvalue weighted by molar-refractivity contribution is -0.0453. The van der Waals surface area contributed by atoms with E-state index in [1.807, 2.05) is 11.9 Å². The molecule has 5 atom stereocenters. The summed E-state index contributed by atoms with van der Waals surface area (Å²) in [6.07, 6.45) is -0.731. The Labute approximate surface area is 138 Å². The molecule has 1 N–H and O–H groups in total. The first-order chi connectivity index (χ1) is 13.1. The summed E-state index contributed by atoms with van der Waals surface area (Å²) in [6, 6.07) is -0.484.